The van der Waals surface area contributed by atoms with Crippen LogP contribution in [0, 0.1) is 13.8 Å². The fourth-order valence-corrected chi connectivity index (χ4v) is 4.13. The van der Waals surface area contributed by atoms with Gasteiger partial charge in [-0.15, -0.1) is 0 Å². The maximum absolute atomic E-state index is 12.8. The highest BCUT2D eigenvalue weighted by atomic mass is 35.5. The molecule has 0 atom stereocenters. The van der Waals surface area contributed by atoms with Crippen molar-refractivity contribution in [3.8, 4) is 0 Å². The van der Waals surface area contributed by atoms with Crippen molar-refractivity contribution in [3.63, 3.8) is 0 Å². The van der Waals surface area contributed by atoms with E-state index in [9.17, 15) is 9.59 Å². The van der Waals surface area contributed by atoms with Crippen LogP contribution < -0.4 is 10.9 Å². The van der Waals surface area contributed by atoms with Crippen molar-refractivity contribution in [1.29, 1.82) is 0 Å². The van der Waals surface area contributed by atoms with Gasteiger partial charge in [0.15, 0.2) is 0 Å². The molecule has 0 spiro atoms. The van der Waals surface area contributed by atoms with Crippen LogP contribution >= 0.6 is 11.6 Å². The first-order chi connectivity index (χ1) is 15.1. The van der Waals surface area contributed by atoms with Crippen LogP contribution in [0.5, 0.6) is 0 Å². The smallest absolute Gasteiger partial charge is 0.340 e. The summed E-state index contributed by atoms with van der Waals surface area (Å²) in [5, 5.41) is 5.32. The number of nitrogens with one attached hydrogen (secondary N) is 1. The molecule has 166 valence electrons. The second kappa shape index (κ2) is 8.14. The van der Waals surface area contributed by atoms with Crippen molar-refractivity contribution in [3.05, 3.63) is 79.9 Å². The van der Waals surface area contributed by atoms with Crippen molar-refractivity contribution >= 4 is 39.4 Å². The molecule has 2 aromatic heterocycles. The molecule has 0 bridgehead atoms. The van der Waals surface area contributed by atoms with Gasteiger partial charge in [0.05, 0.1) is 18.2 Å². The van der Waals surface area contributed by atoms with Crippen molar-refractivity contribution < 1.29 is 13.6 Å². The van der Waals surface area contributed by atoms with E-state index in [2.05, 4.69) is 26.1 Å². The van der Waals surface area contributed by atoms with E-state index in [4.69, 9.17) is 20.4 Å². The third-order valence-electron chi connectivity index (χ3n) is 5.89. The predicted molar refractivity (Wildman–Crippen MR) is 127 cm³/mol. The van der Waals surface area contributed by atoms with Crippen LogP contribution in [0.1, 0.15) is 48.6 Å². The van der Waals surface area contributed by atoms with E-state index in [1.54, 1.807) is 18.4 Å². The quantitative estimate of drug-likeness (QED) is 0.388. The van der Waals surface area contributed by atoms with Gasteiger partial charge in [0.2, 0.25) is 5.91 Å². The minimum Gasteiger partial charge on any atom is -0.464 e. The number of fused-ring (bicyclic) bond motifs is 2. The van der Waals surface area contributed by atoms with E-state index in [-0.39, 0.29) is 17.7 Å². The number of carbonyl (C=O) groups is 1. The second-order valence-corrected chi connectivity index (χ2v) is 9.66. The zero-order valence-electron chi connectivity index (χ0n) is 18.9. The third kappa shape index (κ3) is 4.05. The number of halogens is 1. The fourth-order valence-electron chi connectivity index (χ4n) is 4.01. The molecule has 1 N–H and O–H groups in total. The number of hydrogen-bond acceptors (Lipinski definition) is 4. The number of rotatable bonds is 4. The van der Waals surface area contributed by atoms with Gasteiger partial charge in [-0.1, -0.05) is 44.5 Å². The Labute approximate surface area is 191 Å². The molecule has 0 saturated carbocycles. The summed E-state index contributed by atoms with van der Waals surface area (Å²) < 4.78 is 11.5. The van der Waals surface area contributed by atoms with E-state index in [0.717, 1.165) is 38.6 Å². The molecule has 0 aliphatic rings. The van der Waals surface area contributed by atoms with Crippen molar-refractivity contribution in [1.82, 2.24) is 5.32 Å². The summed E-state index contributed by atoms with van der Waals surface area (Å²) in [6.45, 7) is 10.5. The second-order valence-electron chi connectivity index (χ2n) is 9.23. The topological polar surface area (TPSA) is 72.5 Å². The third-order valence-corrected chi connectivity index (χ3v) is 6.14. The summed E-state index contributed by atoms with van der Waals surface area (Å²) >= 11 is 5.90. The van der Waals surface area contributed by atoms with Crippen LogP contribution in [0.4, 0.5) is 0 Å². The van der Waals surface area contributed by atoms with Gasteiger partial charge in [-0.25, -0.2) is 4.79 Å². The summed E-state index contributed by atoms with van der Waals surface area (Å²) in [6, 6.07) is 9.26. The van der Waals surface area contributed by atoms with Gasteiger partial charge in [-0.05, 0) is 48.6 Å². The Morgan fingerprint density at radius 3 is 2.38 bits per heavy atom. The van der Waals surface area contributed by atoms with Gasteiger partial charge in [0.1, 0.15) is 11.2 Å². The molecule has 0 radical (unpaired) electrons. The molecule has 6 heteroatoms. The number of hydrogen-bond donors (Lipinski definition) is 1. The maximum Gasteiger partial charge on any atom is 0.340 e. The lowest BCUT2D eigenvalue weighted by molar-refractivity contribution is -0.120. The summed E-state index contributed by atoms with van der Waals surface area (Å²) in [5.74, 6) is -0.244. The van der Waals surface area contributed by atoms with Gasteiger partial charge in [0, 0.05) is 33.5 Å². The van der Waals surface area contributed by atoms with E-state index in [0.29, 0.717) is 22.7 Å². The normalized spacial score (nSPS) is 11.9. The first-order valence-electron chi connectivity index (χ1n) is 10.5. The van der Waals surface area contributed by atoms with Gasteiger partial charge >= 0.3 is 5.63 Å². The molecule has 4 aromatic rings. The molecule has 1 amide bonds. The molecule has 2 aromatic carbocycles. The lowest BCUT2D eigenvalue weighted by Crippen LogP contribution is -2.27. The Kier molecular flexibility index (Phi) is 5.63. The van der Waals surface area contributed by atoms with E-state index >= 15 is 0 Å². The zero-order chi connectivity index (χ0) is 23.2. The standard InChI is InChI=1S/C26H26ClNO4/c1-14-18-10-20-21(26(3,4)5)13-31-23(20)15(2)24(18)32-25(30)19(14)11-22(29)28-12-16-6-8-17(27)9-7-16/h6-10,13H,11-12H2,1-5H3,(H,28,29). The average Bonchev–Trinajstić information content (AvgIpc) is 3.17. The first kappa shape index (κ1) is 22.2. The van der Waals surface area contributed by atoms with Crippen LogP contribution in [-0.4, -0.2) is 5.91 Å². The van der Waals surface area contributed by atoms with E-state index in [1.165, 1.54) is 0 Å². The Bertz CT molecular complexity index is 1390. The summed E-state index contributed by atoms with van der Waals surface area (Å²) in [5.41, 5.74) is 4.55. The molecule has 0 aliphatic heterocycles. The van der Waals surface area contributed by atoms with Crippen LogP contribution in [-0.2, 0) is 23.2 Å². The van der Waals surface area contributed by atoms with E-state index < -0.39 is 5.63 Å². The molecule has 4 rings (SSSR count). The molecule has 32 heavy (non-hydrogen) atoms. The maximum atomic E-state index is 12.8. The number of amides is 1. The molecule has 0 fully saturated rings. The Balaban J connectivity index is 1.70. The average molecular weight is 452 g/mol. The summed E-state index contributed by atoms with van der Waals surface area (Å²) in [6.07, 6.45) is 1.72. The van der Waals surface area contributed by atoms with Crippen molar-refractivity contribution in [2.24, 2.45) is 0 Å². The van der Waals surface area contributed by atoms with Crippen LogP contribution in [0.25, 0.3) is 21.9 Å². The van der Waals surface area contributed by atoms with Crippen molar-refractivity contribution in [2.75, 3.05) is 0 Å². The van der Waals surface area contributed by atoms with Crippen LogP contribution in [0.3, 0.4) is 0 Å². The highest BCUT2D eigenvalue weighted by Gasteiger charge is 2.24. The minimum atomic E-state index is -0.498. The van der Waals surface area contributed by atoms with Gasteiger partial charge in [0.25, 0.3) is 0 Å². The Hall–Kier alpha value is -3.05. The molecule has 0 unspecified atom stereocenters. The lowest BCUT2D eigenvalue weighted by Gasteiger charge is -2.17. The highest BCUT2D eigenvalue weighted by Crippen LogP contribution is 2.37. The molecule has 5 nitrogen and oxygen atoms in total. The zero-order valence-corrected chi connectivity index (χ0v) is 19.6. The monoisotopic (exact) mass is 451 g/mol. The number of aryl methyl sites for hydroxylation is 2. The molecule has 0 saturated heterocycles. The number of furan rings is 1. The Morgan fingerprint density at radius 2 is 1.72 bits per heavy atom. The Morgan fingerprint density at radius 1 is 1.03 bits per heavy atom. The van der Waals surface area contributed by atoms with Crippen LogP contribution in [0.2, 0.25) is 5.02 Å². The first-order valence-corrected chi connectivity index (χ1v) is 10.9. The number of carbonyl (C=O) groups excluding carboxylic acids is 1. The van der Waals surface area contributed by atoms with E-state index in [1.807, 2.05) is 32.0 Å². The predicted octanol–water partition coefficient (Wildman–Crippen LogP) is 5.97. The van der Waals surface area contributed by atoms with Crippen molar-refractivity contribution in [2.45, 2.75) is 53.0 Å². The fraction of sp³-hybridized carbons (Fsp3) is 0.308. The molecule has 0 aliphatic carbocycles. The van der Waals surface area contributed by atoms with Gasteiger partial charge < -0.3 is 14.2 Å². The van der Waals surface area contributed by atoms with Gasteiger partial charge in [-0.2, -0.15) is 0 Å². The molecular formula is C26H26ClNO4. The largest absolute Gasteiger partial charge is 0.464 e. The molecular weight excluding hydrogens is 426 g/mol. The lowest BCUT2D eigenvalue weighted by atomic mass is 9.86. The van der Waals surface area contributed by atoms with Crippen LogP contribution in [0.15, 0.2) is 50.2 Å². The summed E-state index contributed by atoms with van der Waals surface area (Å²) in [4.78, 5) is 25.3. The molecule has 2 heterocycles. The SMILES string of the molecule is Cc1c(CC(=O)NCc2ccc(Cl)cc2)c(=O)oc2c(C)c3occ(C(C)(C)C)c3cc12. The summed E-state index contributed by atoms with van der Waals surface area (Å²) in [7, 11) is 0. The minimum absolute atomic E-state index is 0.0493. The highest BCUT2D eigenvalue weighted by molar-refractivity contribution is 6.30. The number of benzene rings is 2. The van der Waals surface area contributed by atoms with Gasteiger partial charge in [-0.3, -0.25) is 4.79 Å².